The topological polar surface area (TPSA) is 209 Å². The monoisotopic (exact) mass is 612 g/mol. The highest BCUT2D eigenvalue weighted by Gasteiger charge is 2.47. The van der Waals surface area contributed by atoms with Crippen LogP contribution in [0, 0.1) is 0 Å². The van der Waals surface area contributed by atoms with Gasteiger partial charge in [0.25, 0.3) is 0 Å². The van der Waals surface area contributed by atoms with E-state index in [4.69, 9.17) is 25.7 Å². The molecule has 1 aromatic heterocycles. The van der Waals surface area contributed by atoms with E-state index in [1.54, 1.807) is 75.4 Å². The number of hydrogen-bond acceptors (Lipinski definition) is 11. The van der Waals surface area contributed by atoms with Crippen molar-refractivity contribution in [2.45, 2.75) is 82.0 Å². The van der Waals surface area contributed by atoms with Crippen LogP contribution in [0.2, 0.25) is 0 Å². The second-order valence-corrected chi connectivity index (χ2v) is 11.7. The molecule has 3 aromatic rings. The van der Waals surface area contributed by atoms with E-state index >= 15 is 0 Å². The lowest BCUT2D eigenvalue weighted by Gasteiger charge is -2.42. The van der Waals surface area contributed by atoms with E-state index in [-0.39, 0.29) is 19.6 Å². The number of benzene rings is 2. The van der Waals surface area contributed by atoms with Gasteiger partial charge in [-0.2, -0.15) is 0 Å². The molecule has 1 amide bonds. The number of fused-ring (bicyclic) bond motifs is 1. The number of nitrogens with zero attached hydrogens (tertiary/aromatic N) is 1. The molecule has 0 saturated carbocycles. The number of aliphatic hydroxyl groups excluding tert-OH is 3. The Balaban J connectivity index is 1.63. The molecule has 7 atom stereocenters. The molecular formula is C31H40N4O9. The lowest BCUT2D eigenvalue weighted by molar-refractivity contribution is -0.223. The van der Waals surface area contributed by atoms with E-state index in [9.17, 15) is 29.7 Å². The maximum Gasteiger partial charge on any atom is 0.419 e. The Morgan fingerprint density at radius 1 is 1.00 bits per heavy atom. The average Bonchev–Trinajstić information content (AvgIpc) is 3.36. The number of carbonyl (C=O) groups is 3. The van der Waals surface area contributed by atoms with Gasteiger partial charge in [-0.15, -0.1) is 0 Å². The molecule has 0 spiro atoms. The highest BCUT2D eigenvalue weighted by atomic mass is 16.6. The highest BCUT2D eigenvalue weighted by Crippen LogP contribution is 2.25. The Labute approximate surface area is 254 Å². The number of nitrogens with one attached hydrogen (secondary N) is 1. The molecule has 13 nitrogen and oxygen atoms in total. The summed E-state index contributed by atoms with van der Waals surface area (Å²) in [5, 5.41) is 34.2. The SMILES string of the molecule is CC(C)(C)OC(=O)n1c(C[C@H](NC(=O)C(N)[C@@H]2OC(CN)[C@H](O)[C@H](O)[C@@H]2O)C(=O)OCc2ccccc2)cc2ccccc21. The van der Waals surface area contributed by atoms with Gasteiger partial charge in [-0.3, -0.25) is 4.79 Å². The van der Waals surface area contributed by atoms with Crippen molar-refractivity contribution < 1.29 is 43.9 Å². The molecule has 0 aliphatic carbocycles. The number of aliphatic hydroxyl groups is 3. The van der Waals surface area contributed by atoms with Crippen molar-refractivity contribution in [1.29, 1.82) is 0 Å². The normalized spacial score (nSPS) is 23.5. The number of para-hydroxylation sites is 1. The van der Waals surface area contributed by atoms with E-state index in [1.807, 2.05) is 6.07 Å². The summed E-state index contributed by atoms with van der Waals surface area (Å²) in [4.78, 5) is 40.2. The van der Waals surface area contributed by atoms with Crippen molar-refractivity contribution in [2.24, 2.45) is 11.5 Å². The maximum absolute atomic E-state index is 13.5. The molecule has 8 N–H and O–H groups in total. The standard InChI is InChI=1S/C31H40N4O9/c1-31(2,3)44-30(41)35-19(13-18-11-7-8-12-21(18)35)14-20(29(40)42-16-17-9-5-4-6-10-17)34-28(39)23(33)27-26(38)25(37)24(36)22(15-32)43-27/h4-13,20,22-27,36-38H,14-16,32-33H2,1-3H3,(H,34,39)/t20-,22?,23?,24-,25-,26-,27-/m0/s1. The maximum atomic E-state index is 13.5. The van der Waals surface area contributed by atoms with Gasteiger partial charge in [0.2, 0.25) is 5.91 Å². The molecule has 0 radical (unpaired) electrons. The van der Waals surface area contributed by atoms with E-state index < -0.39 is 66.2 Å². The van der Waals surface area contributed by atoms with E-state index in [0.29, 0.717) is 22.2 Å². The second kappa shape index (κ2) is 13.8. The van der Waals surface area contributed by atoms with Crippen LogP contribution in [0.1, 0.15) is 32.0 Å². The molecular weight excluding hydrogens is 572 g/mol. The zero-order valence-electron chi connectivity index (χ0n) is 24.8. The number of nitrogens with two attached hydrogens (primary N) is 2. The minimum Gasteiger partial charge on any atom is -0.459 e. The van der Waals surface area contributed by atoms with Crippen molar-refractivity contribution in [2.75, 3.05) is 6.54 Å². The molecule has 4 rings (SSSR count). The van der Waals surface area contributed by atoms with Crippen LogP contribution < -0.4 is 16.8 Å². The van der Waals surface area contributed by atoms with Gasteiger partial charge in [0, 0.05) is 24.0 Å². The van der Waals surface area contributed by atoms with Gasteiger partial charge in [-0.1, -0.05) is 48.5 Å². The van der Waals surface area contributed by atoms with E-state index in [0.717, 1.165) is 0 Å². The first-order valence-corrected chi connectivity index (χ1v) is 14.3. The Morgan fingerprint density at radius 3 is 2.32 bits per heavy atom. The first-order valence-electron chi connectivity index (χ1n) is 14.3. The molecule has 13 heteroatoms. The van der Waals surface area contributed by atoms with Crippen molar-refractivity contribution in [3.63, 3.8) is 0 Å². The summed E-state index contributed by atoms with van der Waals surface area (Å²) in [5.41, 5.74) is 12.6. The summed E-state index contributed by atoms with van der Waals surface area (Å²) >= 11 is 0. The summed E-state index contributed by atoms with van der Waals surface area (Å²) in [6, 6.07) is 14.8. The molecule has 1 aliphatic rings. The number of hydrogen-bond donors (Lipinski definition) is 6. The Kier molecular flexibility index (Phi) is 10.4. The molecule has 1 saturated heterocycles. The molecule has 1 aliphatic heterocycles. The second-order valence-electron chi connectivity index (χ2n) is 11.7. The van der Waals surface area contributed by atoms with Crippen molar-refractivity contribution in [3.8, 4) is 0 Å². The Bertz CT molecular complexity index is 1450. The summed E-state index contributed by atoms with van der Waals surface area (Å²) in [6.07, 6.45) is -8.28. The van der Waals surface area contributed by atoms with Gasteiger partial charge in [0.15, 0.2) is 0 Å². The fraction of sp³-hybridized carbons (Fsp3) is 0.452. The lowest BCUT2D eigenvalue weighted by Crippen LogP contribution is -2.66. The zero-order valence-corrected chi connectivity index (χ0v) is 24.8. The molecule has 44 heavy (non-hydrogen) atoms. The fourth-order valence-corrected chi connectivity index (χ4v) is 5.01. The molecule has 2 unspecified atom stereocenters. The van der Waals surface area contributed by atoms with Crippen LogP contribution in [0.25, 0.3) is 10.9 Å². The number of aromatic nitrogens is 1. The first kappa shape index (κ1) is 33.1. The highest BCUT2D eigenvalue weighted by molar-refractivity contribution is 5.92. The van der Waals surface area contributed by atoms with Gasteiger partial charge < -0.3 is 46.3 Å². The first-order chi connectivity index (χ1) is 20.8. The van der Waals surface area contributed by atoms with Gasteiger partial charge in [-0.05, 0) is 38.5 Å². The number of amides is 1. The third-order valence-corrected chi connectivity index (χ3v) is 7.24. The summed E-state index contributed by atoms with van der Waals surface area (Å²) in [6.45, 7) is 4.90. The summed E-state index contributed by atoms with van der Waals surface area (Å²) in [5.74, 6) is -1.72. The third-order valence-electron chi connectivity index (χ3n) is 7.24. The number of ether oxygens (including phenoxy) is 3. The van der Waals surface area contributed by atoms with Gasteiger partial charge >= 0.3 is 12.1 Å². The van der Waals surface area contributed by atoms with Crippen LogP contribution >= 0.6 is 0 Å². The average molecular weight is 613 g/mol. The van der Waals surface area contributed by atoms with Gasteiger partial charge in [-0.25, -0.2) is 14.2 Å². The van der Waals surface area contributed by atoms with Gasteiger partial charge in [0.1, 0.15) is 48.7 Å². The number of carbonyl (C=O) groups excluding carboxylic acids is 3. The molecule has 2 heterocycles. The molecule has 1 fully saturated rings. The Hall–Kier alpha value is -3.85. The minimum absolute atomic E-state index is 0.0835. The van der Waals surface area contributed by atoms with Crippen LogP contribution in [-0.4, -0.2) is 92.6 Å². The van der Waals surface area contributed by atoms with Crippen molar-refractivity contribution in [1.82, 2.24) is 9.88 Å². The Morgan fingerprint density at radius 2 is 1.66 bits per heavy atom. The van der Waals surface area contributed by atoms with Crippen molar-refractivity contribution >= 4 is 28.9 Å². The van der Waals surface area contributed by atoms with Crippen LogP contribution in [-0.2, 0) is 36.8 Å². The van der Waals surface area contributed by atoms with E-state index in [1.165, 1.54) is 4.57 Å². The minimum atomic E-state index is -1.72. The third kappa shape index (κ3) is 7.62. The largest absolute Gasteiger partial charge is 0.459 e. The van der Waals surface area contributed by atoms with Crippen molar-refractivity contribution in [3.05, 3.63) is 71.9 Å². The van der Waals surface area contributed by atoms with Crippen LogP contribution in [0.15, 0.2) is 60.7 Å². The summed E-state index contributed by atoms with van der Waals surface area (Å²) in [7, 11) is 0. The number of esters is 1. The lowest BCUT2D eigenvalue weighted by atomic mass is 9.91. The predicted molar refractivity (Wildman–Crippen MR) is 159 cm³/mol. The predicted octanol–water partition coefficient (Wildman–Crippen LogP) is 0.331. The number of rotatable bonds is 9. The van der Waals surface area contributed by atoms with Crippen LogP contribution in [0.5, 0.6) is 0 Å². The van der Waals surface area contributed by atoms with Crippen LogP contribution in [0.3, 0.4) is 0 Å². The van der Waals surface area contributed by atoms with Gasteiger partial charge in [0.05, 0.1) is 11.6 Å². The smallest absolute Gasteiger partial charge is 0.419 e. The molecule has 0 bridgehead atoms. The van der Waals surface area contributed by atoms with Crippen LogP contribution in [0.4, 0.5) is 4.79 Å². The summed E-state index contributed by atoms with van der Waals surface area (Å²) < 4.78 is 18.1. The zero-order chi connectivity index (χ0) is 32.2. The fourth-order valence-electron chi connectivity index (χ4n) is 5.01. The molecule has 238 valence electrons. The van der Waals surface area contributed by atoms with E-state index in [2.05, 4.69) is 5.32 Å². The quantitative estimate of drug-likeness (QED) is 0.181. The molecule has 2 aromatic carbocycles.